The lowest BCUT2D eigenvalue weighted by Gasteiger charge is -2.40. The summed E-state index contributed by atoms with van der Waals surface area (Å²) in [5.74, 6) is 0.649. The number of fused-ring (bicyclic) bond motifs is 3. The number of nitrogens with zero attached hydrogens (tertiary/aromatic N) is 2. The van der Waals surface area contributed by atoms with E-state index < -0.39 is 0 Å². The lowest BCUT2D eigenvalue weighted by molar-refractivity contribution is 0.145. The number of aryl methyl sites for hydroxylation is 1. The van der Waals surface area contributed by atoms with Crippen molar-refractivity contribution in [3.05, 3.63) is 53.6 Å². The molecule has 3 atom stereocenters. The molecule has 2 aromatic rings. The zero-order valence-electron chi connectivity index (χ0n) is 16.4. The molecule has 0 bridgehead atoms. The van der Waals surface area contributed by atoms with Gasteiger partial charge in [0.2, 0.25) is 0 Å². The third-order valence-corrected chi connectivity index (χ3v) is 7.41. The highest BCUT2D eigenvalue weighted by Crippen LogP contribution is 2.49. The fourth-order valence-electron chi connectivity index (χ4n) is 4.59. The Bertz CT molecular complexity index is 770. The predicted octanol–water partition coefficient (Wildman–Crippen LogP) is 5.55. The molecule has 0 aromatic heterocycles. The van der Waals surface area contributed by atoms with Crippen molar-refractivity contribution in [1.29, 1.82) is 0 Å². The molecule has 0 aliphatic carbocycles. The van der Waals surface area contributed by atoms with Gasteiger partial charge in [0.1, 0.15) is 0 Å². The SMILES string of the molecule is CCC(C)N1CCC2C(C1)c1cccc(Sc3ccc(C)cc3)c1N2C. The van der Waals surface area contributed by atoms with E-state index in [9.17, 15) is 0 Å². The van der Waals surface area contributed by atoms with Crippen molar-refractivity contribution in [2.24, 2.45) is 0 Å². The second kappa shape index (κ2) is 7.28. The highest BCUT2D eigenvalue weighted by molar-refractivity contribution is 7.99. The van der Waals surface area contributed by atoms with Crippen LogP contribution in [0.3, 0.4) is 0 Å². The molecule has 1 saturated heterocycles. The van der Waals surface area contributed by atoms with Crippen molar-refractivity contribution >= 4 is 17.4 Å². The van der Waals surface area contributed by atoms with Gasteiger partial charge in [0.25, 0.3) is 0 Å². The Balaban J connectivity index is 1.64. The summed E-state index contributed by atoms with van der Waals surface area (Å²) in [5.41, 5.74) is 4.35. The summed E-state index contributed by atoms with van der Waals surface area (Å²) in [6, 6.07) is 17.2. The number of hydrogen-bond donors (Lipinski definition) is 0. The average molecular weight is 367 g/mol. The molecule has 0 N–H and O–H groups in total. The molecule has 1 fully saturated rings. The number of piperidine rings is 1. The smallest absolute Gasteiger partial charge is 0.0544 e. The topological polar surface area (TPSA) is 6.48 Å². The molecule has 4 rings (SSSR count). The van der Waals surface area contributed by atoms with Crippen LogP contribution in [-0.2, 0) is 0 Å². The van der Waals surface area contributed by atoms with E-state index >= 15 is 0 Å². The van der Waals surface area contributed by atoms with Crippen LogP contribution in [-0.4, -0.2) is 37.1 Å². The van der Waals surface area contributed by atoms with Gasteiger partial charge in [-0.3, -0.25) is 4.90 Å². The van der Waals surface area contributed by atoms with Crippen molar-refractivity contribution in [3.63, 3.8) is 0 Å². The number of hydrogen-bond acceptors (Lipinski definition) is 3. The van der Waals surface area contributed by atoms with Gasteiger partial charge in [-0.25, -0.2) is 0 Å². The first kappa shape index (κ1) is 17.9. The van der Waals surface area contributed by atoms with Crippen LogP contribution in [0, 0.1) is 6.92 Å². The van der Waals surface area contributed by atoms with Crippen LogP contribution in [0.25, 0.3) is 0 Å². The first-order valence-corrected chi connectivity index (χ1v) is 10.7. The molecule has 2 aliphatic heterocycles. The van der Waals surface area contributed by atoms with Crippen LogP contribution < -0.4 is 4.90 Å². The molecule has 0 amide bonds. The van der Waals surface area contributed by atoms with Gasteiger partial charge < -0.3 is 4.90 Å². The fraction of sp³-hybridized carbons (Fsp3) is 0.478. The quantitative estimate of drug-likeness (QED) is 0.700. The Morgan fingerprint density at radius 2 is 1.92 bits per heavy atom. The standard InChI is InChI=1S/C23H30N2S/c1-5-17(3)25-14-13-21-20(15-25)19-7-6-8-22(23(19)24(21)4)26-18-11-9-16(2)10-12-18/h6-12,17,20-21H,5,13-15H2,1-4H3. The van der Waals surface area contributed by atoms with E-state index in [0.717, 1.165) is 0 Å². The van der Waals surface area contributed by atoms with E-state index in [1.165, 1.54) is 47.0 Å². The summed E-state index contributed by atoms with van der Waals surface area (Å²) in [7, 11) is 2.31. The molecule has 3 heteroatoms. The zero-order valence-corrected chi connectivity index (χ0v) is 17.2. The minimum Gasteiger partial charge on any atom is -0.370 e. The molecule has 2 aromatic carbocycles. The molecular weight excluding hydrogens is 336 g/mol. The van der Waals surface area contributed by atoms with Gasteiger partial charge in [-0.1, -0.05) is 48.5 Å². The Hall–Kier alpha value is -1.45. The minimum atomic E-state index is 0.649. The van der Waals surface area contributed by atoms with Crippen molar-refractivity contribution in [3.8, 4) is 0 Å². The van der Waals surface area contributed by atoms with Gasteiger partial charge in [0.15, 0.2) is 0 Å². The van der Waals surface area contributed by atoms with E-state index in [-0.39, 0.29) is 0 Å². The maximum atomic E-state index is 2.70. The van der Waals surface area contributed by atoms with E-state index in [0.29, 0.717) is 18.0 Å². The number of anilines is 1. The second-order valence-electron chi connectivity index (χ2n) is 7.93. The summed E-state index contributed by atoms with van der Waals surface area (Å²) < 4.78 is 0. The van der Waals surface area contributed by atoms with E-state index in [4.69, 9.17) is 0 Å². The summed E-state index contributed by atoms with van der Waals surface area (Å²) in [6.45, 7) is 9.27. The van der Waals surface area contributed by atoms with Gasteiger partial charge in [0, 0.05) is 47.9 Å². The number of para-hydroxylation sites is 1. The average Bonchev–Trinajstić information content (AvgIpc) is 2.96. The number of likely N-dealkylation sites (N-methyl/N-ethyl adjacent to an activating group) is 1. The van der Waals surface area contributed by atoms with Crippen LogP contribution in [0.5, 0.6) is 0 Å². The van der Waals surface area contributed by atoms with Crippen LogP contribution >= 0.6 is 11.8 Å². The maximum absolute atomic E-state index is 2.70. The Kier molecular flexibility index (Phi) is 5.02. The molecule has 0 radical (unpaired) electrons. The monoisotopic (exact) mass is 366 g/mol. The summed E-state index contributed by atoms with van der Waals surface area (Å²) >= 11 is 1.91. The molecule has 2 nitrogen and oxygen atoms in total. The van der Waals surface area contributed by atoms with Gasteiger partial charge in [-0.05, 0) is 50.5 Å². The molecule has 138 valence electrons. The third-order valence-electron chi connectivity index (χ3n) is 6.35. The number of benzene rings is 2. The Morgan fingerprint density at radius 1 is 1.15 bits per heavy atom. The highest BCUT2D eigenvalue weighted by atomic mass is 32.2. The molecule has 0 spiro atoms. The molecule has 2 heterocycles. The highest BCUT2D eigenvalue weighted by Gasteiger charge is 2.41. The Morgan fingerprint density at radius 3 is 2.65 bits per heavy atom. The molecule has 3 unspecified atom stereocenters. The third kappa shape index (κ3) is 3.16. The van der Waals surface area contributed by atoms with Crippen molar-refractivity contribution < 1.29 is 0 Å². The summed E-state index contributed by atoms with van der Waals surface area (Å²) in [6.07, 6.45) is 2.51. The molecular formula is C23H30N2S. The largest absolute Gasteiger partial charge is 0.370 e. The predicted molar refractivity (Wildman–Crippen MR) is 113 cm³/mol. The zero-order chi connectivity index (χ0) is 18.3. The summed E-state index contributed by atoms with van der Waals surface area (Å²) in [4.78, 5) is 8.00. The first-order chi connectivity index (χ1) is 12.6. The number of rotatable bonds is 4. The van der Waals surface area contributed by atoms with Gasteiger partial charge >= 0.3 is 0 Å². The van der Waals surface area contributed by atoms with Crippen LogP contribution in [0.15, 0.2) is 52.3 Å². The molecule has 26 heavy (non-hydrogen) atoms. The van der Waals surface area contributed by atoms with Crippen molar-refractivity contribution in [2.45, 2.75) is 61.4 Å². The lowest BCUT2D eigenvalue weighted by atomic mass is 9.88. The van der Waals surface area contributed by atoms with Gasteiger partial charge in [-0.15, -0.1) is 0 Å². The normalized spacial score (nSPS) is 23.6. The van der Waals surface area contributed by atoms with Crippen LogP contribution in [0.1, 0.15) is 43.7 Å². The first-order valence-electron chi connectivity index (χ1n) is 9.92. The van der Waals surface area contributed by atoms with E-state index in [1.54, 1.807) is 5.56 Å². The van der Waals surface area contributed by atoms with E-state index in [1.807, 2.05) is 11.8 Å². The second-order valence-corrected chi connectivity index (χ2v) is 9.05. The van der Waals surface area contributed by atoms with Crippen LogP contribution in [0.4, 0.5) is 5.69 Å². The van der Waals surface area contributed by atoms with E-state index in [2.05, 4.69) is 80.1 Å². The fourth-order valence-corrected chi connectivity index (χ4v) is 5.62. The Labute approximate surface area is 162 Å². The minimum absolute atomic E-state index is 0.649. The van der Waals surface area contributed by atoms with Gasteiger partial charge in [0.05, 0.1) is 5.69 Å². The summed E-state index contributed by atoms with van der Waals surface area (Å²) in [5, 5.41) is 0. The molecule has 0 saturated carbocycles. The number of likely N-dealkylation sites (tertiary alicyclic amines) is 1. The molecule has 2 aliphatic rings. The van der Waals surface area contributed by atoms with Crippen molar-refractivity contribution in [2.75, 3.05) is 25.0 Å². The van der Waals surface area contributed by atoms with Gasteiger partial charge in [-0.2, -0.15) is 0 Å². The van der Waals surface area contributed by atoms with Crippen molar-refractivity contribution in [1.82, 2.24) is 4.90 Å². The van der Waals surface area contributed by atoms with Crippen LogP contribution in [0.2, 0.25) is 0 Å². The lowest BCUT2D eigenvalue weighted by Crippen LogP contribution is -2.48. The maximum Gasteiger partial charge on any atom is 0.0544 e.